The van der Waals surface area contributed by atoms with E-state index >= 15 is 0 Å². The van der Waals surface area contributed by atoms with Crippen LogP contribution in [-0.4, -0.2) is 5.78 Å². The van der Waals surface area contributed by atoms with Crippen molar-refractivity contribution in [3.05, 3.63) is 88.6 Å². The number of rotatable bonds is 4. The summed E-state index contributed by atoms with van der Waals surface area (Å²) in [6.45, 7) is 0. The monoisotopic (exact) mass is 352 g/mol. The molecule has 0 spiro atoms. The van der Waals surface area contributed by atoms with E-state index < -0.39 is 0 Å². The Bertz CT molecular complexity index is 822. The van der Waals surface area contributed by atoms with Crippen LogP contribution in [0.5, 0.6) is 0 Å². The topological polar surface area (TPSA) is 30.2 Å². The number of furan rings is 1. The molecule has 3 aromatic rings. The number of carbonyl (C=O) groups excluding carboxylic acids is 1. The maximum Gasteiger partial charge on any atom is 0.221 e. The lowest BCUT2D eigenvalue weighted by atomic mass is 10.2. The molecule has 1 aromatic heterocycles. The third-order valence-electron chi connectivity index (χ3n) is 3.19. The van der Waals surface area contributed by atoms with Crippen molar-refractivity contribution in [1.82, 2.24) is 0 Å². The van der Waals surface area contributed by atoms with Crippen molar-refractivity contribution in [3.8, 4) is 0 Å². The third-order valence-corrected chi connectivity index (χ3v) is 3.71. The van der Waals surface area contributed by atoms with Crippen LogP contribution in [0.15, 0.2) is 81.7 Å². The zero-order valence-corrected chi connectivity index (χ0v) is 13.3. The van der Waals surface area contributed by atoms with Crippen LogP contribution in [0, 0.1) is 0 Å². The number of ketones is 1. The second-order valence-corrected chi connectivity index (χ2v) is 5.70. The van der Waals surface area contributed by atoms with E-state index in [0.717, 1.165) is 21.0 Å². The highest BCUT2D eigenvalue weighted by Crippen LogP contribution is 2.19. The fourth-order valence-electron chi connectivity index (χ4n) is 2.07. The molecule has 0 fully saturated rings. The molecule has 3 rings (SSSR count). The van der Waals surface area contributed by atoms with Crippen molar-refractivity contribution in [2.45, 2.75) is 0 Å². The van der Waals surface area contributed by atoms with E-state index in [2.05, 4.69) is 15.9 Å². The lowest BCUT2D eigenvalue weighted by Gasteiger charge is -1.92. The first-order valence-electron chi connectivity index (χ1n) is 6.85. The van der Waals surface area contributed by atoms with Crippen molar-refractivity contribution >= 4 is 38.8 Å². The molecule has 0 aliphatic rings. The van der Waals surface area contributed by atoms with Crippen LogP contribution >= 0.6 is 15.9 Å². The molecule has 22 heavy (non-hydrogen) atoms. The van der Waals surface area contributed by atoms with Gasteiger partial charge in [0.2, 0.25) is 5.78 Å². The largest absolute Gasteiger partial charge is 0.453 e. The zero-order valence-electron chi connectivity index (χ0n) is 11.7. The van der Waals surface area contributed by atoms with Crippen molar-refractivity contribution < 1.29 is 9.21 Å². The molecular formula is C19H13BrO2. The Balaban J connectivity index is 1.69. The molecule has 0 saturated heterocycles. The molecule has 0 aliphatic carbocycles. The van der Waals surface area contributed by atoms with Gasteiger partial charge in [-0.1, -0.05) is 64.5 Å². The highest BCUT2D eigenvalue weighted by Gasteiger charge is 2.08. The Hall–Kier alpha value is -2.39. The summed E-state index contributed by atoms with van der Waals surface area (Å²) in [5.74, 6) is 0.214. The van der Waals surface area contributed by atoms with Gasteiger partial charge >= 0.3 is 0 Å². The predicted octanol–water partition coefficient (Wildman–Crippen LogP) is 5.65. The highest BCUT2D eigenvalue weighted by molar-refractivity contribution is 9.10. The first kappa shape index (κ1) is 14.5. The highest BCUT2D eigenvalue weighted by atomic mass is 79.9. The first-order chi connectivity index (χ1) is 10.7. The van der Waals surface area contributed by atoms with Crippen LogP contribution in [0.4, 0.5) is 0 Å². The summed E-state index contributed by atoms with van der Waals surface area (Å²) in [6.07, 6.45) is 7.00. The van der Waals surface area contributed by atoms with Crippen molar-refractivity contribution in [2.75, 3.05) is 0 Å². The van der Waals surface area contributed by atoms with Crippen LogP contribution in [0.3, 0.4) is 0 Å². The first-order valence-corrected chi connectivity index (χ1v) is 7.65. The molecular weight excluding hydrogens is 340 g/mol. The minimum atomic E-state index is -0.142. The second kappa shape index (κ2) is 6.58. The molecule has 2 nitrogen and oxygen atoms in total. The van der Waals surface area contributed by atoms with Crippen LogP contribution in [0.25, 0.3) is 17.0 Å². The summed E-state index contributed by atoms with van der Waals surface area (Å²) in [6, 6.07) is 17.3. The van der Waals surface area contributed by atoms with Crippen molar-refractivity contribution in [3.63, 3.8) is 0 Å². The average Bonchev–Trinajstić information content (AvgIpc) is 2.97. The van der Waals surface area contributed by atoms with Crippen LogP contribution in [0.1, 0.15) is 16.1 Å². The van der Waals surface area contributed by atoms with Gasteiger partial charge in [-0.15, -0.1) is 0 Å². The van der Waals surface area contributed by atoms with Crippen LogP contribution < -0.4 is 0 Å². The van der Waals surface area contributed by atoms with Gasteiger partial charge in [-0.25, -0.2) is 0 Å². The minimum absolute atomic E-state index is 0.142. The molecule has 2 aromatic carbocycles. The standard InChI is InChI=1S/C19H13BrO2/c20-16-11-9-14(10-12-16)5-1-3-7-17(21)19-13-15-6-2-4-8-18(15)22-19/h1-13H/b5-1+,7-3+. The number of halogens is 1. The quantitative estimate of drug-likeness (QED) is 0.345. The van der Waals surface area contributed by atoms with Crippen LogP contribution in [0.2, 0.25) is 0 Å². The van der Waals surface area contributed by atoms with Gasteiger partial charge in [-0.2, -0.15) is 0 Å². The zero-order chi connectivity index (χ0) is 15.4. The number of fused-ring (bicyclic) bond motifs is 1. The van der Waals surface area contributed by atoms with Gasteiger partial charge in [0, 0.05) is 9.86 Å². The molecule has 0 aliphatic heterocycles. The van der Waals surface area contributed by atoms with Crippen molar-refractivity contribution in [2.24, 2.45) is 0 Å². The van der Waals surface area contributed by atoms with E-state index in [-0.39, 0.29) is 5.78 Å². The molecule has 3 heteroatoms. The molecule has 0 radical (unpaired) electrons. The summed E-state index contributed by atoms with van der Waals surface area (Å²) >= 11 is 3.39. The molecule has 0 unspecified atom stereocenters. The maximum absolute atomic E-state index is 12.0. The van der Waals surface area contributed by atoms with E-state index in [0.29, 0.717) is 5.76 Å². The Morgan fingerprint density at radius 3 is 2.55 bits per heavy atom. The Labute approximate surface area is 136 Å². The number of hydrogen-bond donors (Lipinski definition) is 0. The Morgan fingerprint density at radius 1 is 1.00 bits per heavy atom. The van der Waals surface area contributed by atoms with E-state index in [1.54, 1.807) is 12.1 Å². The summed E-state index contributed by atoms with van der Waals surface area (Å²) in [4.78, 5) is 12.0. The number of allylic oxidation sites excluding steroid dienone is 3. The van der Waals surface area contributed by atoms with Crippen LogP contribution in [-0.2, 0) is 0 Å². The lowest BCUT2D eigenvalue weighted by molar-refractivity contribution is 0.102. The van der Waals surface area contributed by atoms with Gasteiger partial charge in [-0.05, 0) is 35.9 Å². The molecule has 1 heterocycles. The Kier molecular flexibility index (Phi) is 4.35. The van der Waals surface area contributed by atoms with Gasteiger partial charge < -0.3 is 4.42 Å². The average molecular weight is 353 g/mol. The predicted molar refractivity (Wildman–Crippen MR) is 92.9 cm³/mol. The molecule has 108 valence electrons. The maximum atomic E-state index is 12.0. The summed E-state index contributed by atoms with van der Waals surface area (Å²) in [5.41, 5.74) is 1.80. The smallest absolute Gasteiger partial charge is 0.221 e. The van der Waals surface area contributed by atoms with Gasteiger partial charge in [0.25, 0.3) is 0 Å². The summed E-state index contributed by atoms with van der Waals surface area (Å²) in [7, 11) is 0. The number of para-hydroxylation sites is 1. The second-order valence-electron chi connectivity index (χ2n) is 4.78. The SMILES string of the molecule is O=C(/C=C/C=C/c1ccc(Br)cc1)c1cc2ccccc2o1. The van der Waals surface area contributed by atoms with Gasteiger partial charge in [0.1, 0.15) is 5.58 Å². The minimum Gasteiger partial charge on any atom is -0.453 e. The third kappa shape index (κ3) is 3.43. The molecule has 0 bridgehead atoms. The molecule has 0 saturated carbocycles. The van der Waals surface area contributed by atoms with E-state index in [4.69, 9.17) is 4.42 Å². The van der Waals surface area contributed by atoms with Gasteiger partial charge in [-0.3, -0.25) is 4.79 Å². The number of hydrogen-bond acceptors (Lipinski definition) is 2. The van der Waals surface area contributed by atoms with Crippen molar-refractivity contribution in [1.29, 1.82) is 0 Å². The van der Waals surface area contributed by atoms with Gasteiger partial charge in [0.05, 0.1) is 0 Å². The fourth-order valence-corrected chi connectivity index (χ4v) is 2.33. The van der Waals surface area contributed by atoms with E-state index in [9.17, 15) is 4.79 Å². The molecule has 0 N–H and O–H groups in total. The fraction of sp³-hybridized carbons (Fsp3) is 0. The normalized spacial score (nSPS) is 11.7. The van der Waals surface area contributed by atoms with Gasteiger partial charge in [0.15, 0.2) is 5.76 Å². The Morgan fingerprint density at radius 2 is 1.77 bits per heavy atom. The van der Waals surface area contributed by atoms with E-state index in [1.165, 1.54) is 6.08 Å². The molecule has 0 atom stereocenters. The lowest BCUT2D eigenvalue weighted by Crippen LogP contribution is -1.89. The number of carbonyl (C=O) groups is 1. The van der Waals surface area contributed by atoms with E-state index in [1.807, 2.05) is 60.7 Å². The summed E-state index contributed by atoms with van der Waals surface area (Å²) < 4.78 is 6.57. The number of benzene rings is 2. The summed E-state index contributed by atoms with van der Waals surface area (Å²) in [5, 5.41) is 0.935. The molecule has 0 amide bonds.